The van der Waals surface area contributed by atoms with Crippen LogP contribution in [0.15, 0.2) is 52.0 Å². The Morgan fingerprint density at radius 3 is 2.52 bits per heavy atom. The largest absolute Gasteiger partial charge is 0.397 e. The second kappa shape index (κ2) is 10.7. The van der Waals surface area contributed by atoms with Gasteiger partial charge in [-0.05, 0) is 30.3 Å². The highest BCUT2D eigenvalue weighted by molar-refractivity contribution is 9.10. The van der Waals surface area contributed by atoms with Crippen molar-refractivity contribution in [2.75, 3.05) is 13.2 Å². The molecule has 4 atom stereocenters. The smallest absolute Gasteiger partial charge is 0.194 e. The second-order valence-electron chi connectivity index (χ2n) is 6.63. The van der Waals surface area contributed by atoms with Gasteiger partial charge >= 0.3 is 0 Å². The molecule has 0 aliphatic carbocycles. The predicted octanol–water partition coefficient (Wildman–Crippen LogP) is 2.93. The molecule has 0 radical (unpaired) electrons. The predicted molar refractivity (Wildman–Crippen MR) is 113 cm³/mol. The first-order chi connectivity index (χ1) is 14.8. The highest BCUT2D eigenvalue weighted by atomic mass is 79.9. The third-order valence-corrected chi connectivity index (χ3v) is 6.03. The summed E-state index contributed by atoms with van der Waals surface area (Å²) >= 11 is 4.73. The van der Waals surface area contributed by atoms with Crippen molar-refractivity contribution in [3.63, 3.8) is 0 Å². The zero-order chi connectivity index (χ0) is 22.5. The van der Waals surface area contributed by atoms with Gasteiger partial charge in [0.15, 0.2) is 23.7 Å². The third kappa shape index (κ3) is 6.15. The molecule has 0 spiro atoms. The van der Waals surface area contributed by atoms with E-state index in [1.807, 2.05) is 24.3 Å². The number of aliphatic hydroxyl groups excluding tert-OH is 2. The van der Waals surface area contributed by atoms with E-state index in [1.54, 1.807) is 0 Å². The molecule has 6 nitrogen and oxygen atoms in total. The van der Waals surface area contributed by atoms with E-state index in [9.17, 15) is 23.4 Å². The van der Waals surface area contributed by atoms with E-state index in [0.29, 0.717) is 0 Å². The van der Waals surface area contributed by atoms with Crippen LogP contribution in [-0.2, 0) is 9.47 Å². The third-order valence-electron chi connectivity index (χ3n) is 4.37. The van der Waals surface area contributed by atoms with E-state index in [1.165, 1.54) is 18.0 Å². The van der Waals surface area contributed by atoms with Crippen LogP contribution < -0.4 is 11.1 Å². The van der Waals surface area contributed by atoms with Gasteiger partial charge in [-0.2, -0.15) is 0 Å². The zero-order valence-electron chi connectivity index (χ0n) is 16.0. The first-order valence-electron chi connectivity index (χ1n) is 9.14. The highest BCUT2D eigenvalue weighted by Gasteiger charge is 2.38. The Bertz CT molecular complexity index is 929. The van der Waals surface area contributed by atoms with E-state index >= 15 is 0 Å². The van der Waals surface area contributed by atoms with Crippen molar-refractivity contribution >= 4 is 33.4 Å². The van der Waals surface area contributed by atoms with Crippen LogP contribution in [0.25, 0.3) is 5.70 Å². The van der Waals surface area contributed by atoms with Crippen molar-refractivity contribution in [2.45, 2.75) is 28.8 Å². The van der Waals surface area contributed by atoms with E-state index in [0.717, 1.165) is 21.5 Å². The number of halogens is 4. The lowest BCUT2D eigenvalue weighted by atomic mass is 10.1. The molecular formula is C20H20BrF3N2O4S. The molecule has 3 rings (SSSR count). The quantitative estimate of drug-likeness (QED) is 0.417. The topological polar surface area (TPSA) is 97.0 Å². The van der Waals surface area contributed by atoms with Gasteiger partial charge in [-0.3, -0.25) is 0 Å². The van der Waals surface area contributed by atoms with Gasteiger partial charge in [0.05, 0.1) is 12.3 Å². The van der Waals surface area contributed by atoms with Gasteiger partial charge in [0, 0.05) is 27.7 Å². The van der Waals surface area contributed by atoms with Crippen molar-refractivity contribution in [1.29, 1.82) is 0 Å². The molecule has 3 unspecified atom stereocenters. The summed E-state index contributed by atoms with van der Waals surface area (Å²) in [6.07, 6.45) is -1.61. The minimum Gasteiger partial charge on any atom is -0.397 e. The molecule has 11 heteroatoms. The van der Waals surface area contributed by atoms with Crippen molar-refractivity contribution in [1.82, 2.24) is 5.32 Å². The summed E-state index contributed by atoms with van der Waals surface area (Å²) in [6.45, 7) is -0.306. The van der Waals surface area contributed by atoms with Gasteiger partial charge in [0.25, 0.3) is 0 Å². The van der Waals surface area contributed by atoms with Crippen LogP contribution in [0.3, 0.4) is 0 Å². The molecular weight excluding hydrogens is 501 g/mol. The molecule has 1 heterocycles. The van der Waals surface area contributed by atoms with E-state index in [-0.39, 0.29) is 17.8 Å². The molecule has 5 N–H and O–H groups in total. The van der Waals surface area contributed by atoms with Gasteiger partial charge in [-0.25, -0.2) is 13.2 Å². The molecule has 2 aromatic carbocycles. The number of thioether (sulfide) groups is 1. The summed E-state index contributed by atoms with van der Waals surface area (Å²) in [4.78, 5) is 0.869. The average Bonchev–Trinajstić information content (AvgIpc) is 2.73. The number of hydrogen-bond donors (Lipinski definition) is 4. The Morgan fingerprint density at radius 2 is 1.87 bits per heavy atom. The number of ether oxygens (including phenoxy) is 2. The molecule has 1 aliphatic rings. The number of aliphatic hydroxyl groups is 2. The Hall–Kier alpha value is -1.76. The molecule has 31 heavy (non-hydrogen) atoms. The summed E-state index contributed by atoms with van der Waals surface area (Å²) in [5.41, 5.74) is 5.17. The van der Waals surface area contributed by atoms with Crippen LogP contribution >= 0.6 is 27.7 Å². The fraction of sp³-hybridized carbons (Fsp3) is 0.300. The summed E-state index contributed by atoms with van der Waals surface area (Å²) in [5, 5.41) is 22.3. The van der Waals surface area contributed by atoms with Gasteiger partial charge in [-0.1, -0.05) is 33.8 Å². The minimum absolute atomic E-state index is 0.0282. The zero-order valence-corrected chi connectivity index (χ0v) is 18.4. The monoisotopic (exact) mass is 520 g/mol. The molecule has 0 amide bonds. The van der Waals surface area contributed by atoms with Crippen LogP contribution in [0.2, 0.25) is 0 Å². The normalized spacial score (nSPS) is 24.3. The van der Waals surface area contributed by atoms with Gasteiger partial charge in [0.2, 0.25) is 0 Å². The van der Waals surface area contributed by atoms with Crippen LogP contribution in [0.5, 0.6) is 0 Å². The summed E-state index contributed by atoms with van der Waals surface area (Å²) in [5.74, 6) is -4.27. The fourth-order valence-electron chi connectivity index (χ4n) is 2.80. The van der Waals surface area contributed by atoms with Crippen molar-refractivity contribution in [3.8, 4) is 0 Å². The van der Waals surface area contributed by atoms with E-state index < -0.39 is 48.0 Å². The van der Waals surface area contributed by atoms with Crippen molar-refractivity contribution in [2.24, 2.45) is 5.73 Å². The van der Waals surface area contributed by atoms with Gasteiger partial charge in [0.1, 0.15) is 17.6 Å². The maximum atomic E-state index is 13.4. The second-order valence-corrected chi connectivity index (χ2v) is 8.72. The molecule has 0 saturated carbocycles. The molecule has 1 aliphatic heterocycles. The Morgan fingerprint density at radius 1 is 1.16 bits per heavy atom. The van der Waals surface area contributed by atoms with E-state index in [2.05, 4.69) is 21.2 Å². The lowest BCUT2D eigenvalue weighted by Gasteiger charge is -2.38. The van der Waals surface area contributed by atoms with Crippen LogP contribution in [-0.4, -0.2) is 47.3 Å². The summed E-state index contributed by atoms with van der Waals surface area (Å²) in [6, 6.07) is 9.05. The maximum absolute atomic E-state index is 13.4. The van der Waals surface area contributed by atoms with Crippen molar-refractivity contribution < 1.29 is 32.9 Å². The first-order valence-corrected chi connectivity index (χ1v) is 10.8. The first kappa shape index (κ1) is 23.9. The molecule has 1 fully saturated rings. The van der Waals surface area contributed by atoms with Crippen LogP contribution in [0.4, 0.5) is 13.2 Å². The number of benzene rings is 2. The van der Waals surface area contributed by atoms with E-state index in [4.69, 9.17) is 15.2 Å². The molecule has 0 bridgehead atoms. The molecule has 1 saturated heterocycles. The Labute approximate surface area is 189 Å². The molecule has 2 aromatic rings. The minimum atomic E-state index is -1.57. The average molecular weight is 521 g/mol. The number of rotatable bonds is 7. The van der Waals surface area contributed by atoms with Gasteiger partial charge < -0.3 is 30.7 Å². The lowest BCUT2D eigenvalue weighted by Crippen LogP contribution is -2.52. The summed E-state index contributed by atoms with van der Waals surface area (Å²) < 4.78 is 52.2. The highest BCUT2D eigenvalue weighted by Crippen LogP contribution is 2.33. The van der Waals surface area contributed by atoms with Crippen molar-refractivity contribution in [3.05, 3.63) is 70.1 Å². The Balaban J connectivity index is 1.70. The fourth-order valence-corrected chi connectivity index (χ4v) is 4.49. The SMILES string of the molecule is N/C(=C\NC[C@@H]1OC(O)C(CO)OC1Sc1cccc(Br)c1)c1cc(F)c(F)c(F)c1. The molecule has 168 valence electrons. The van der Waals surface area contributed by atoms with Crippen LogP contribution in [0.1, 0.15) is 5.56 Å². The van der Waals surface area contributed by atoms with Gasteiger partial charge in [-0.15, -0.1) is 0 Å². The molecule has 0 aromatic heterocycles. The van der Waals surface area contributed by atoms with Crippen LogP contribution in [0, 0.1) is 17.5 Å². The number of nitrogens with two attached hydrogens (primary N) is 1. The number of hydrogen-bond acceptors (Lipinski definition) is 7. The summed E-state index contributed by atoms with van der Waals surface area (Å²) in [7, 11) is 0. The standard InChI is InChI=1S/C20H20BrF3N2O4S/c21-11-2-1-3-12(6-11)31-20-16(29-19(28)17(9-27)30-20)8-26-7-15(25)10-4-13(22)18(24)14(23)5-10/h1-7,16-17,19-20,26-28H,8-9,25H2/b15-7-/t16-,17?,19?,20?/m0/s1. The Kier molecular flexibility index (Phi) is 8.25. The maximum Gasteiger partial charge on any atom is 0.194 e. The lowest BCUT2D eigenvalue weighted by molar-refractivity contribution is -0.270. The number of nitrogens with one attached hydrogen (secondary N) is 1.